The molecule has 0 spiro atoms. The Balaban J connectivity index is 0.00000249. The molecule has 10 heteroatoms. The first-order valence-corrected chi connectivity index (χ1v) is 8.96. The van der Waals surface area contributed by atoms with Crippen LogP contribution in [0, 0.1) is 0 Å². The normalized spacial score (nSPS) is 11.0. The summed E-state index contributed by atoms with van der Waals surface area (Å²) >= 11 is 0. The van der Waals surface area contributed by atoms with Gasteiger partial charge >= 0.3 is 24.3 Å². The number of carbonyl (C=O) groups is 2. The van der Waals surface area contributed by atoms with E-state index in [1.807, 2.05) is 13.8 Å². The second kappa shape index (κ2) is 10.7. The van der Waals surface area contributed by atoms with Crippen molar-refractivity contribution in [2.24, 2.45) is 0 Å². The topological polar surface area (TPSA) is 52.6 Å². The summed E-state index contributed by atoms with van der Waals surface area (Å²) in [6.07, 6.45) is -9.82. The zero-order valence-corrected chi connectivity index (χ0v) is 16.9. The molecule has 0 heterocycles. The Morgan fingerprint density at radius 2 is 0.875 bits per heavy atom. The lowest BCUT2D eigenvalue weighted by atomic mass is 10.1. The van der Waals surface area contributed by atoms with Crippen molar-refractivity contribution in [3.63, 3.8) is 0 Å². The summed E-state index contributed by atoms with van der Waals surface area (Å²) in [5, 5.41) is 0. The maximum Gasteiger partial charge on any atom is 0.422 e. The fourth-order valence-corrected chi connectivity index (χ4v) is 2.00. The number of alkyl halides is 6. The largest absolute Gasteiger partial charge is 0.423 e. The van der Waals surface area contributed by atoms with E-state index < -0.39 is 35.4 Å². The van der Waals surface area contributed by atoms with Gasteiger partial charge in [-0.15, -0.1) is 0 Å². The number of benzene rings is 2. The van der Waals surface area contributed by atoms with Crippen LogP contribution in [0.2, 0.25) is 0 Å². The highest BCUT2D eigenvalue weighted by atomic mass is 19.4. The molecule has 0 aliphatic carbocycles. The van der Waals surface area contributed by atoms with Crippen LogP contribution in [0.5, 0.6) is 11.5 Å². The van der Waals surface area contributed by atoms with Gasteiger partial charge in [0.25, 0.3) is 0 Å². The smallest absolute Gasteiger partial charge is 0.422 e. The van der Waals surface area contributed by atoms with Crippen molar-refractivity contribution in [2.75, 3.05) is 0 Å². The number of carbonyl (C=O) groups excluding carboxylic acids is 2. The number of rotatable bonds is 5. The highest BCUT2D eigenvalue weighted by Gasteiger charge is 2.39. The molecule has 0 aromatic heterocycles. The van der Waals surface area contributed by atoms with Crippen LogP contribution in [-0.4, -0.2) is 24.3 Å². The molecule has 4 nitrogen and oxygen atoms in total. The fourth-order valence-electron chi connectivity index (χ4n) is 2.00. The molecule has 0 saturated heterocycles. The fraction of sp³-hybridized carbons (Fsp3) is 0.182. The Bertz CT molecular complexity index is 890. The Hall–Kier alpha value is -3.56. The van der Waals surface area contributed by atoms with Gasteiger partial charge in [0.05, 0.1) is 0 Å². The summed E-state index contributed by atoms with van der Waals surface area (Å²) in [6.45, 7) is 9.27. The quantitative estimate of drug-likeness (QED) is 0.223. The molecule has 172 valence electrons. The van der Waals surface area contributed by atoms with Crippen LogP contribution in [0.3, 0.4) is 0 Å². The van der Waals surface area contributed by atoms with Gasteiger partial charge < -0.3 is 9.47 Å². The average molecular weight is 460 g/mol. The molecule has 0 aliphatic rings. The van der Waals surface area contributed by atoms with E-state index in [4.69, 9.17) is 0 Å². The van der Waals surface area contributed by atoms with Gasteiger partial charge in [0.2, 0.25) is 0 Å². The third-order valence-electron chi connectivity index (χ3n) is 3.64. The number of ether oxygens (including phenoxy) is 2. The lowest BCUT2D eigenvalue weighted by Crippen LogP contribution is -2.23. The first-order valence-electron chi connectivity index (χ1n) is 8.96. The Morgan fingerprint density at radius 3 is 1.09 bits per heavy atom. The minimum atomic E-state index is -4.91. The molecule has 0 unspecified atom stereocenters. The second-order valence-corrected chi connectivity index (χ2v) is 5.78. The van der Waals surface area contributed by atoms with Crippen LogP contribution in [0.4, 0.5) is 26.3 Å². The second-order valence-electron chi connectivity index (χ2n) is 5.78. The first-order chi connectivity index (χ1) is 14.8. The molecule has 0 atom stereocenters. The van der Waals surface area contributed by atoms with E-state index in [2.05, 4.69) is 22.6 Å². The summed E-state index contributed by atoms with van der Waals surface area (Å²) in [5.41, 5.74) is -2.21. The van der Waals surface area contributed by atoms with Crippen molar-refractivity contribution in [1.82, 2.24) is 0 Å². The van der Waals surface area contributed by atoms with Crippen molar-refractivity contribution < 1.29 is 45.4 Å². The van der Waals surface area contributed by atoms with Crippen molar-refractivity contribution in [3.05, 3.63) is 72.8 Å². The standard InChI is InChI=1S/C20H12F6O4.C2H6/c1-11(19(21,22)23)17(27)29-15-7-3-13(4-8-15)14-5-9-16(10-6-14)30-18(28)12(2)20(24,25)26;1-2/h3-10H,1-2H2;1-2H3. The van der Waals surface area contributed by atoms with Gasteiger partial charge in [0, 0.05) is 0 Å². The van der Waals surface area contributed by atoms with Crippen LogP contribution in [0.25, 0.3) is 11.1 Å². The number of hydrogen-bond acceptors (Lipinski definition) is 4. The van der Waals surface area contributed by atoms with Crippen LogP contribution in [0.15, 0.2) is 72.8 Å². The molecule has 2 rings (SSSR count). The van der Waals surface area contributed by atoms with Crippen molar-refractivity contribution in [3.8, 4) is 22.6 Å². The highest BCUT2D eigenvalue weighted by molar-refractivity contribution is 5.91. The third kappa shape index (κ3) is 7.29. The first kappa shape index (κ1) is 26.5. The van der Waals surface area contributed by atoms with Gasteiger partial charge in [-0.05, 0) is 35.4 Å². The van der Waals surface area contributed by atoms with Crippen LogP contribution >= 0.6 is 0 Å². The Labute approximate surface area is 179 Å². The molecule has 2 aromatic rings. The molecule has 2 aromatic carbocycles. The highest BCUT2D eigenvalue weighted by Crippen LogP contribution is 2.29. The summed E-state index contributed by atoms with van der Waals surface area (Å²) in [7, 11) is 0. The number of halogens is 6. The molecular formula is C22H18F6O4. The molecule has 0 fully saturated rings. The molecule has 0 amide bonds. The van der Waals surface area contributed by atoms with Gasteiger partial charge in [-0.2, -0.15) is 26.3 Å². The number of esters is 2. The summed E-state index contributed by atoms with van der Waals surface area (Å²) in [4.78, 5) is 22.8. The maximum atomic E-state index is 12.4. The monoisotopic (exact) mass is 460 g/mol. The van der Waals surface area contributed by atoms with Crippen molar-refractivity contribution >= 4 is 11.9 Å². The molecule has 0 aliphatic heterocycles. The zero-order valence-electron chi connectivity index (χ0n) is 16.9. The predicted octanol–water partition coefficient (Wildman–Crippen LogP) is 6.43. The summed E-state index contributed by atoms with van der Waals surface area (Å²) in [5.74, 6) is -3.57. The van der Waals surface area contributed by atoms with E-state index in [1.54, 1.807) is 0 Å². The van der Waals surface area contributed by atoms with E-state index in [9.17, 15) is 35.9 Å². The summed E-state index contributed by atoms with van der Waals surface area (Å²) in [6, 6.07) is 10.7. The SMILES string of the molecule is C=C(C(=O)Oc1ccc(-c2ccc(OC(=O)C(=C)C(F)(F)F)cc2)cc1)C(F)(F)F.CC. The Kier molecular flexibility index (Phi) is 8.81. The molecule has 0 N–H and O–H groups in total. The molecular weight excluding hydrogens is 442 g/mol. The molecule has 0 radical (unpaired) electrons. The van der Waals surface area contributed by atoms with Crippen LogP contribution in [0.1, 0.15) is 13.8 Å². The van der Waals surface area contributed by atoms with Gasteiger partial charge in [0.15, 0.2) is 0 Å². The zero-order chi connectivity index (χ0) is 24.7. The Morgan fingerprint density at radius 1 is 0.625 bits per heavy atom. The van der Waals surface area contributed by atoms with E-state index in [1.165, 1.54) is 48.5 Å². The minimum absolute atomic E-state index is 0.148. The van der Waals surface area contributed by atoms with Gasteiger partial charge in [0.1, 0.15) is 22.6 Å². The van der Waals surface area contributed by atoms with E-state index in [-0.39, 0.29) is 11.5 Å². The van der Waals surface area contributed by atoms with Crippen molar-refractivity contribution in [2.45, 2.75) is 26.2 Å². The minimum Gasteiger partial charge on any atom is -0.423 e. The summed E-state index contributed by atoms with van der Waals surface area (Å²) < 4.78 is 83.6. The molecule has 0 saturated carbocycles. The van der Waals surface area contributed by atoms with E-state index in [0.29, 0.717) is 11.1 Å². The average Bonchev–Trinajstić information content (AvgIpc) is 2.73. The molecule has 32 heavy (non-hydrogen) atoms. The third-order valence-corrected chi connectivity index (χ3v) is 3.64. The van der Waals surface area contributed by atoms with Gasteiger partial charge in [-0.3, -0.25) is 0 Å². The van der Waals surface area contributed by atoms with E-state index >= 15 is 0 Å². The lowest BCUT2D eigenvalue weighted by Gasteiger charge is -2.11. The predicted molar refractivity (Wildman–Crippen MR) is 105 cm³/mol. The van der Waals surface area contributed by atoms with Crippen molar-refractivity contribution in [1.29, 1.82) is 0 Å². The van der Waals surface area contributed by atoms with Gasteiger partial charge in [-0.25, -0.2) is 9.59 Å². The van der Waals surface area contributed by atoms with Gasteiger partial charge in [-0.1, -0.05) is 51.3 Å². The molecule has 0 bridgehead atoms. The van der Waals surface area contributed by atoms with Crippen LogP contribution < -0.4 is 9.47 Å². The van der Waals surface area contributed by atoms with E-state index in [0.717, 1.165) is 0 Å². The lowest BCUT2D eigenvalue weighted by molar-refractivity contribution is -0.143. The number of hydrogen-bond donors (Lipinski definition) is 0. The van der Waals surface area contributed by atoms with Crippen LogP contribution in [-0.2, 0) is 9.59 Å². The maximum absolute atomic E-state index is 12.4.